The van der Waals surface area contributed by atoms with Gasteiger partial charge in [-0.1, -0.05) is 19.3 Å². The van der Waals surface area contributed by atoms with Crippen LogP contribution in [0.25, 0.3) is 0 Å². The van der Waals surface area contributed by atoms with Crippen molar-refractivity contribution in [3.05, 3.63) is 0 Å². The highest BCUT2D eigenvalue weighted by Gasteiger charge is 2.14. The molecular formula is C10H19NOS. The van der Waals surface area contributed by atoms with E-state index in [1.807, 2.05) is 19.0 Å². The van der Waals surface area contributed by atoms with Crippen LogP contribution in [-0.2, 0) is 4.74 Å². The first-order valence-electron chi connectivity index (χ1n) is 5.04. The van der Waals surface area contributed by atoms with Crippen molar-refractivity contribution in [2.75, 3.05) is 20.7 Å². The van der Waals surface area contributed by atoms with E-state index in [0.717, 1.165) is 12.5 Å². The predicted octanol–water partition coefficient (Wildman–Crippen LogP) is 2.43. The lowest BCUT2D eigenvalue weighted by atomic mass is 9.90. The molecule has 1 rings (SSSR count). The van der Waals surface area contributed by atoms with Gasteiger partial charge in [0.25, 0.3) is 5.17 Å². The van der Waals surface area contributed by atoms with Crippen LogP contribution in [0.2, 0.25) is 0 Å². The second-order valence-corrected chi connectivity index (χ2v) is 4.32. The van der Waals surface area contributed by atoms with Crippen molar-refractivity contribution in [3.8, 4) is 0 Å². The molecule has 0 unspecified atom stereocenters. The van der Waals surface area contributed by atoms with E-state index in [2.05, 4.69) is 0 Å². The lowest BCUT2D eigenvalue weighted by Gasteiger charge is -2.23. The highest BCUT2D eigenvalue weighted by molar-refractivity contribution is 7.80. The van der Waals surface area contributed by atoms with Crippen LogP contribution in [0.3, 0.4) is 0 Å². The van der Waals surface area contributed by atoms with Crippen LogP contribution in [0.5, 0.6) is 0 Å². The minimum Gasteiger partial charge on any atom is -0.471 e. The number of thiocarbonyl (C=S) groups is 1. The van der Waals surface area contributed by atoms with Gasteiger partial charge in [-0.05, 0) is 31.0 Å². The molecule has 1 fully saturated rings. The topological polar surface area (TPSA) is 12.5 Å². The molecule has 1 aliphatic rings. The zero-order valence-corrected chi connectivity index (χ0v) is 9.40. The first kappa shape index (κ1) is 10.8. The quantitative estimate of drug-likeness (QED) is 0.637. The van der Waals surface area contributed by atoms with E-state index >= 15 is 0 Å². The van der Waals surface area contributed by atoms with E-state index in [0.29, 0.717) is 5.17 Å². The fourth-order valence-corrected chi connectivity index (χ4v) is 1.74. The molecule has 0 heterocycles. The molecule has 1 saturated carbocycles. The molecule has 2 nitrogen and oxygen atoms in total. The van der Waals surface area contributed by atoms with E-state index in [4.69, 9.17) is 17.0 Å². The summed E-state index contributed by atoms with van der Waals surface area (Å²) < 4.78 is 5.50. The molecule has 0 N–H and O–H groups in total. The highest BCUT2D eigenvalue weighted by Crippen LogP contribution is 2.23. The molecule has 0 amide bonds. The minimum atomic E-state index is 0.616. The van der Waals surface area contributed by atoms with Gasteiger partial charge in [0.1, 0.15) is 0 Å². The third kappa shape index (κ3) is 3.94. The summed E-state index contributed by atoms with van der Waals surface area (Å²) in [6.07, 6.45) is 6.76. The van der Waals surface area contributed by atoms with Gasteiger partial charge < -0.3 is 9.64 Å². The van der Waals surface area contributed by atoms with Gasteiger partial charge in [-0.2, -0.15) is 0 Å². The number of nitrogens with zero attached hydrogens (tertiary/aromatic N) is 1. The Morgan fingerprint density at radius 2 is 1.92 bits per heavy atom. The fourth-order valence-electron chi connectivity index (χ4n) is 1.67. The summed E-state index contributed by atoms with van der Waals surface area (Å²) in [5, 5.41) is 0.616. The first-order valence-corrected chi connectivity index (χ1v) is 5.45. The van der Waals surface area contributed by atoms with Crippen molar-refractivity contribution in [2.45, 2.75) is 32.1 Å². The second-order valence-electron chi connectivity index (χ2n) is 3.98. The van der Waals surface area contributed by atoms with Gasteiger partial charge in [-0.15, -0.1) is 0 Å². The number of ether oxygens (including phenoxy) is 1. The Morgan fingerprint density at radius 1 is 1.31 bits per heavy atom. The average Bonchev–Trinajstić information content (AvgIpc) is 2.15. The van der Waals surface area contributed by atoms with Crippen LogP contribution in [0, 0.1) is 5.92 Å². The van der Waals surface area contributed by atoms with Gasteiger partial charge in [0.2, 0.25) is 0 Å². The standard InChI is InChI=1S/C10H19NOS/c1-11(2)10(13)12-8-9-6-4-3-5-7-9/h9H,3-8H2,1-2H3. The maximum absolute atomic E-state index is 5.50. The summed E-state index contributed by atoms with van der Waals surface area (Å²) in [4.78, 5) is 1.85. The summed E-state index contributed by atoms with van der Waals surface area (Å²) in [5.41, 5.74) is 0. The highest BCUT2D eigenvalue weighted by atomic mass is 32.1. The van der Waals surface area contributed by atoms with Crippen molar-refractivity contribution in [1.29, 1.82) is 0 Å². The smallest absolute Gasteiger partial charge is 0.258 e. The van der Waals surface area contributed by atoms with Crippen molar-refractivity contribution in [1.82, 2.24) is 4.90 Å². The lowest BCUT2D eigenvalue weighted by molar-refractivity contribution is 0.183. The molecular weight excluding hydrogens is 182 g/mol. The molecule has 0 aromatic carbocycles. The maximum Gasteiger partial charge on any atom is 0.258 e. The van der Waals surface area contributed by atoms with E-state index in [9.17, 15) is 0 Å². The van der Waals surface area contributed by atoms with E-state index in [-0.39, 0.29) is 0 Å². The van der Waals surface area contributed by atoms with E-state index < -0.39 is 0 Å². The number of hydrogen-bond acceptors (Lipinski definition) is 2. The predicted molar refractivity (Wildman–Crippen MR) is 58.8 cm³/mol. The molecule has 1 aliphatic carbocycles. The maximum atomic E-state index is 5.50. The zero-order valence-electron chi connectivity index (χ0n) is 8.58. The Morgan fingerprint density at radius 3 is 2.46 bits per heavy atom. The Balaban J connectivity index is 2.13. The van der Waals surface area contributed by atoms with Crippen molar-refractivity contribution in [3.63, 3.8) is 0 Å². The summed E-state index contributed by atoms with van der Waals surface area (Å²) in [6, 6.07) is 0. The Hall–Kier alpha value is -0.310. The first-order chi connectivity index (χ1) is 6.20. The van der Waals surface area contributed by atoms with Crippen molar-refractivity contribution >= 4 is 17.4 Å². The Kier molecular flexibility index (Phi) is 4.50. The molecule has 3 heteroatoms. The van der Waals surface area contributed by atoms with Crippen LogP contribution < -0.4 is 0 Å². The molecule has 0 aromatic heterocycles. The Labute approximate surface area is 86.3 Å². The van der Waals surface area contributed by atoms with Gasteiger partial charge in [0.05, 0.1) is 6.61 Å². The van der Waals surface area contributed by atoms with Crippen LogP contribution in [0.4, 0.5) is 0 Å². The molecule has 0 spiro atoms. The van der Waals surface area contributed by atoms with Crippen molar-refractivity contribution in [2.24, 2.45) is 5.92 Å². The van der Waals surface area contributed by atoms with Crippen LogP contribution in [0.15, 0.2) is 0 Å². The summed E-state index contributed by atoms with van der Waals surface area (Å²) in [6.45, 7) is 0.816. The fraction of sp³-hybridized carbons (Fsp3) is 0.900. The SMILES string of the molecule is CN(C)C(=S)OCC1CCCCC1. The van der Waals surface area contributed by atoms with Crippen molar-refractivity contribution < 1.29 is 4.74 Å². The molecule has 0 atom stereocenters. The summed E-state index contributed by atoms with van der Waals surface area (Å²) in [5.74, 6) is 0.742. The molecule has 0 bridgehead atoms. The van der Waals surface area contributed by atoms with Crippen LogP contribution in [0.1, 0.15) is 32.1 Å². The molecule has 0 aromatic rings. The third-order valence-corrected chi connectivity index (χ3v) is 3.02. The second kappa shape index (κ2) is 5.43. The lowest BCUT2D eigenvalue weighted by Crippen LogP contribution is -2.25. The summed E-state index contributed by atoms with van der Waals surface area (Å²) in [7, 11) is 3.84. The Bertz CT molecular complexity index is 164. The van der Waals surface area contributed by atoms with Crippen LogP contribution >= 0.6 is 12.2 Å². The zero-order chi connectivity index (χ0) is 9.68. The molecule has 0 aliphatic heterocycles. The molecule has 0 saturated heterocycles. The van der Waals surface area contributed by atoms with E-state index in [1.165, 1.54) is 32.1 Å². The largest absolute Gasteiger partial charge is 0.471 e. The molecule has 13 heavy (non-hydrogen) atoms. The van der Waals surface area contributed by atoms with Gasteiger partial charge in [-0.3, -0.25) is 0 Å². The normalized spacial score (nSPS) is 18.3. The van der Waals surface area contributed by atoms with Gasteiger partial charge in [0, 0.05) is 14.1 Å². The number of hydrogen-bond donors (Lipinski definition) is 0. The molecule has 0 radical (unpaired) electrons. The van der Waals surface area contributed by atoms with Crippen LogP contribution in [-0.4, -0.2) is 30.8 Å². The molecule has 76 valence electrons. The van der Waals surface area contributed by atoms with Gasteiger partial charge in [-0.25, -0.2) is 0 Å². The number of rotatable bonds is 2. The third-order valence-electron chi connectivity index (χ3n) is 2.53. The van der Waals surface area contributed by atoms with Gasteiger partial charge >= 0.3 is 0 Å². The summed E-state index contributed by atoms with van der Waals surface area (Å²) >= 11 is 5.05. The minimum absolute atomic E-state index is 0.616. The van der Waals surface area contributed by atoms with E-state index in [1.54, 1.807) is 0 Å². The van der Waals surface area contributed by atoms with Gasteiger partial charge in [0.15, 0.2) is 0 Å². The average molecular weight is 201 g/mol. The monoisotopic (exact) mass is 201 g/mol.